The number of rotatable bonds is 5. The lowest BCUT2D eigenvalue weighted by atomic mass is 9.87. The predicted molar refractivity (Wildman–Crippen MR) is 109 cm³/mol. The average molecular weight is 378 g/mol. The van der Waals surface area contributed by atoms with Gasteiger partial charge in [0, 0.05) is 6.54 Å². The number of nitrogens with zero attached hydrogens (tertiary/aromatic N) is 2. The van der Waals surface area contributed by atoms with Crippen LogP contribution >= 0.6 is 11.8 Å². The normalized spacial score (nSPS) is 40.1. The summed E-state index contributed by atoms with van der Waals surface area (Å²) in [5.74, 6) is 3.28. The molecule has 2 bridgehead atoms. The van der Waals surface area contributed by atoms with E-state index < -0.39 is 0 Å². The van der Waals surface area contributed by atoms with E-state index in [1.54, 1.807) is 11.8 Å². The standard InChI is InChI=1S/C21H35N3OS/c1-14(2)13-24-8-6-15(7-9-24)12-21(3)19(25)23-20(26-21)22-18-11-16-4-5-17(18)10-16/h14-18H,4-13H2,1-3H3,(H,22,23,25)/t16-,17-,18-,21?/m0/s1. The van der Waals surface area contributed by atoms with E-state index in [1.807, 2.05) is 0 Å². The molecule has 4 aliphatic rings. The molecule has 2 heterocycles. The molecule has 146 valence electrons. The van der Waals surface area contributed by atoms with Crippen LogP contribution in [0.5, 0.6) is 0 Å². The quantitative estimate of drug-likeness (QED) is 0.790. The minimum atomic E-state index is -0.318. The molecule has 0 aromatic rings. The van der Waals surface area contributed by atoms with Gasteiger partial charge in [0.25, 0.3) is 0 Å². The van der Waals surface area contributed by atoms with Gasteiger partial charge in [-0.25, -0.2) is 0 Å². The van der Waals surface area contributed by atoms with Gasteiger partial charge in [0.05, 0.1) is 10.8 Å². The van der Waals surface area contributed by atoms with Gasteiger partial charge in [0.15, 0.2) is 5.17 Å². The summed E-state index contributed by atoms with van der Waals surface area (Å²) in [5, 5.41) is 4.03. The van der Waals surface area contributed by atoms with Crippen molar-refractivity contribution in [3.63, 3.8) is 0 Å². The molecule has 4 fully saturated rings. The number of fused-ring (bicyclic) bond motifs is 2. The summed E-state index contributed by atoms with van der Waals surface area (Å²) in [4.78, 5) is 20.3. The first-order chi connectivity index (χ1) is 12.4. The number of carbonyl (C=O) groups is 1. The number of amidine groups is 1. The van der Waals surface area contributed by atoms with E-state index >= 15 is 0 Å². The smallest absolute Gasteiger partial charge is 0.242 e. The first kappa shape index (κ1) is 18.8. The number of thioether (sulfide) groups is 1. The summed E-state index contributed by atoms with van der Waals surface area (Å²) < 4.78 is -0.318. The largest absolute Gasteiger partial charge is 0.304 e. The van der Waals surface area contributed by atoms with Gasteiger partial charge in [-0.05, 0) is 82.2 Å². The minimum Gasteiger partial charge on any atom is -0.304 e. The highest BCUT2D eigenvalue weighted by molar-refractivity contribution is 8.16. The highest BCUT2D eigenvalue weighted by Gasteiger charge is 2.46. The summed E-state index contributed by atoms with van der Waals surface area (Å²) in [6, 6.07) is 0.471. The fraction of sp³-hybridized carbons (Fsp3) is 0.905. The summed E-state index contributed by atoms with van der Waals surface area (Å²) in [6.45, 7) is 10.3. The van der Waals surface area contributed by atoms with Gasteiger partial charge in [0.1, 0.15) is 0 Å². The van der Waals surface area contributed by atoms with Crippen LogP contribution in [0.2, 0.25) is 0 Å². The van der Waals surface area contributed by atoms with Crippen molar-refractivity contribution in [1.82, 2.24) is 10.2 Å². The molecule has 1 amide bonds. The van der Waals surface area contributed by atoms with Crippen molar-refractivity contribution in [2.45, 2.75) is 76.5 Å². The van der Waals surface area contributed by atoms with Crippen LogP contribution in [0.15, 0.2) is 4.99 Å². The number of piperidine rings is 1. The van der Waals surface area contributed by atoms with Crippen molar-refractivity contribution >= 4 is 22.8 Å². The molecule has 1 unspecified atom stereocenters. The maximum absolute atomic E-state index is 12.7. The molecule has 0 radical (unpaired) electrons. The maximum Gasteiger partial charge on any atom is 0.242 e. The fourth-order valence-corrected chi connectivity index (χ4v) is 6.89. The Hall–Kier alpha value is -0.550. The third kappa shape index (κ3) is 3.99. The number of nitrogens with one attached hydrogen (secondary N) is 1. The molecule has 26 heavy (non-hydrogen) atoms. The van der Waals surface area contributed by atoms with Crippen LogP contribution in [0.1, 0.15) is 65.7 Å². The zero-order valence-corrected chi connectivity index (χ0v) is 17.5. The number of aliphatic imine (C=N–C) groups is 1. The maximum atomic E-state index is 12.7. The van der Waals surface area contributed by atoms with Crippen molar-refractivity contribution in [1.29, 1.82) is 0 Å². The molecule has 4 nitrogen and oxygen atoms in total. The highest BCUT2D eigenvalue weighted by atomic mass is 32.2. The fourth-order valence-electron chi connectivity index (χ4n) is 5.67. The van der Waals surface area contributed by atoms with Crippen molar-refractivity contribution in [2.24, 2.45) is 28.7 Å². The monoisotopic (exact) mass is 377 g/mol. The molecule has 4 atom stereocenters. The number of carbonyl (C=O) groups excluding carboxylic acids is 1. The number of hydrogen-bond donors (Lipinski definition) is 1. The second kappa shape index (κ2) is 7.46. The lowest BCUT2D eigenvalue weighted by molar-refractivity contribution is -0.121. The summed E-state index contributed by atoms with van der Waals surface area (Å²) in [7, 11) is 0. The molecular formula is C21H35N3OS. The Balaban J connectivity index is 1.31. The number of hydrogen-bond acceptors (Lipinski definition) is 4. The molecule has 2 saturated carbocycles. The van der Waals surface area contributed by atoms with Crippen molar-refractivity contribution in [3.8, 4) is 0 Å². The molecule has 0 spiro atoms. The van der Waals surface area contributed by atoms with E-state index in [4.69, 9.17) is 4.99 Å². The van der Waals surface area contributed by atoms with Crippen LogP contribution in [-0.2, 0) is 4.79 Å². The van der Waals surface area contributed by atoms with E-state index in [2.05, 4.69) is 31.0 Å². The van der Waals surface area contributed by atoms with Crippen LogP contribution in [-0.4, -0.2) is 46.4 Å². The van der Waals surface area contributed by atoms with Crippen molar-refractivity contribution in [2.75, 3.05) is 19.6 Å². The lowest BCUT2D eigenvalue weighted by Crippen LogP contribution is -2.40. The minimum absolute atomic E-state index is 0.189. The van der Waals surface area contributed by atoms with Gasteiger partial charge in [-0.3, -0.25) is 9.79 Å². The second-order valence-corrected chi connectivity index (χ2v) is 11.3. The van der Waals surface area contributed by atoms with E-state index in [0.29, 0.717) is 12.0 Å². The highest BCUT2D eigenvalue weighted by Crippen LogP contribution is 2.47. The Morgan fingerprint density at radius 1 is 1.23 bits per heavy atom. The van der Waals surface area contributed by atoms with Gasteiger partial charge >= 0.3 is 0 Å². The molecule has 2 aliphatic carbocycles. The van der Waals surface area contributed by atoms with Crippen LogP contribution in [0, 0.1) is 23.7 Å². The molecule has 2 saturated heterocycles. The molecule has 0 aromatic heterocycles. The Labute approximate surface area is 163 Å². The molecule has 4 rings (SSSR count). The van der Waals surface area contributed by atoms with Gasteiger partial charge < -0.3 is 10.2 Å². The van der Waals surface area contributed by atoms with Gasteiger partial charge in [-0.1, -0.05) is 32.0 Å². The van der Waals surface area contributed by atoms with Crippen molar-refractivity contribution < 1.29 is 4.79 Å². The van der Waals surface area contributed by atoms with Crippen LogP contribution in [0.4, 0.5) is 0 Å². The second-order valence-electron chi connectivity index (χ2n) is 9.81. The third-order valence-corrected chi connectivity index (χ3v) is 8.22. The van der Waals surface area contributed by atoms with E-state index in [0.717, 1.165) is 29.3 Å². The zero-order chi connectivity index (χ0) is 18.3. The Morgan fingerprint density at radius 3 is 2.62 bits per heavy atom. The molecule has 0 aromatic carbocycles. The topological polar surface area (TPSA) is 44.7 Å². The summed E-state index contributed by atoms with van der Waals surface area (Å²) in [6.07, 6.45) is 8.82. The molecule has 2 aliphatic heterocycles. The van der Waals surface area contributed by atoms with E-state index in [1.165, 1.54) is 58.2 Å². The van der Waals surface area contributed by atoms with Gasteiger partial charge in [-0.15, -0.1) is 0 Å². The van der Waals surface area contributed by atoms with Crippen LogP contribution < -0.4 is 5.32 Å². The number of amides is 1. The average Bonchev–Trinajstić information content (AvgIpc) is 3.25. The van der Waals surface area contributed by atoms with Crippen LogP contribution in [0.25, 0.3) is 0 Å². The van der Waals surface area contributed by atoms with Gasteiger partial charge in [0.2, 0.25) is 5.91 Å². The third-order valence-electron chi connectivity index (χ3n) is 7.02. The molecule has 1 N–H and O–H groups in total. The first-order valence-electron chi connectivity index (χ1n) is 10.7. The van der Waals surface area contributed by atoms with Crippen molar-refractivity contribution in [3.05, 3.63) is 0 Å². The molecule has 5 heteroatoms. The lowest BCUT2D eigenvalue weighted by Gasteiger charge is -2.35. The Morgan fingerprint density at radius 2 is 2.00 bits per heavy atom. The number of likely N-dealkylation sites (tertiary alicyclic amines) is 1. The zero-order valence-electron chi connectivity index (χ0n) is 16.7. The predicted octanol–water partition coefficient (Wildman–Crippen LogP) is 3.91. The Bertz CT molecular complexity index is 570. The summed E-state index contributed by atoms with van der Waals surface area (Å²) in [5.41, 5.74) is 0. The first-order valence-corrected chi connectivity index (χ1v) is 11.5. The van der Waals surface area contributed by atoms with E-state index in [-0.39, 0.29) is 10.7 Å². The molecular weight excluding hydrogens is 342 g/mol. The van der Waals surface area contributed by atoms with Crippen LogP contribution in [0.3, 0.4) is 0 Å². The van der Waals surface area contributed by atoms with Gasteiger partial charge in [-0.2, -0.15) is 0 Å². The summed E-state index contributed by atoms with van der Waals surface area (Å²) >= 11 is 1.72. The SMILES string of the molecule is CC(C)CN1CCC(CC2(C)SC(=N[C@H]3C[C@H]4CC[C@H]3C4)NC2=O)CC1. The van der Waals surface area contributed by atoms with E-state index in [9.17, 15) is 4.79 Å². The Kier molecular flexibility index (Phi) is 5.39.